The van der Waals surface area contributed by atoms with Crippen LogP contribution in [-0.4, -0.2) is 47.1 Å². The lowest BCUT2D eigenvalue weighted by Crippen LogP contribution is -2.33. The van der Waals surface area contributed by atoms with Crippen molar-refractivity contribution in [3.05, 3.63) is 65.2 Å². The molecular formula is C21H20N2O6S. The Bertz CT molecular complexity index is 958. The summed E-state index contributed by atoms with van der Waals surface area (Å²) in [6, 6.07) is 13.0. The van der Waals surface area contributed by atoms with Gasteiger partial charge < -0.3 is 14.8 Å². The van der Waals surface area contributed by atoms with Crippen molar-refractivity contribution in [3.8, 4) is 0 Å². The second-order valence-corrected chi connectivity index (χ2v) is 7.38. The molecule has 0 spiro atoms. The molecular weight excluding hydrogens is 408 g/mol. The van der Waals surface area contributed by atoms with Crippen molar-refractivity contribution in [2.45, 2.75) is 18.8 Å². The topological polar surface area (TPSA) is 102 Å². The molecule has 0 radical (unpaired) electrons. The molecule has 2 aromatic carbocycles. The number of methoxy groups -OCH3 is 1. The van der Waals surface area contributed by atoms with Crippen LogP contribution in [-0.2, 0) is 20.8 Å². The third-order valence-electron chi connectivity index (χ3n) is 4.34. The Kier molecular flexibility index (Phi) is 6.73. The molecule has 1 saturated heterocycles. The van der Waals surface area contributed by atoms with Gasteiger partial charge in [-0.15, -0.1) is 0 Å². The largest absolute Gasteiger partial charge is 0.465 e. The van der Waals surface area contributed by atoms with Crippen LogP contribution in [0.5, 0.6) is 0 Å². The van der Waals surface area contributed by atoms with Gasteiger partial charge in [0.25, 0.3) is 11.1 Å². The Balaban J connectivity index is 1.63. The molecule has 1 N–H and O–H groups in total. The molecule has 0 aliphatic carbocycles. The second kappa shape index (κ2) is 9.45. The van der Waals surface area contributed by atoms with Crippen molar-refractivity contribution in [3.63, 3.8) is 0 Å². The van der Waals surface area contributed by atoms with E-state index in [9.17, 15) is 19.2 Å². The predicted octanol–water partition coefficient (Wildman–Crippen LogP) is 3.28. The van der Waals surface area contributed by atoms with Crippen LogP contribution in [0.2, 0.25) is 0 Å². The summed E-state index contributed by atoms with van der Waals surface area (Å²) in [7, 11) is 1.30. The van der Waals surface area contributed by atoms with Crippen LogP contribution in [0.1, 0.15) is 33.2 Å². The van der Waals surface area contributed by atoms with E-state index in [0.717, 1.165) is 16.7 Å². The van der Waals surface area contributed by atoms with Gasteiger partial charge in [0.15, 0.2) is 5.37 Å². The first-order chi connectivity index (χ1) is 14.4. The second-order valence-electron chi connectivity index (χ2n) is 6.32. The van der Waals surface area contributed by atoms with Gasteiger partial charge in [0, 0.05) is 5.69 Å². The van der Waals surface area contributed by atoms with Crippen molar-refractivity contribution >= 4 is 40.5 Å². The lowest BCUT2D eigenvalue weighted by Gasteiger charge is -2.15. The summed E-state index contributed by atoms with van der Waals surface area (Å²) < 4.78 is 9.59. The monoisotopic (exact) mass is 428 g/mol. The highest BCUT2D eigenvalue weighted by Crippen LogP contribution is 2.29. The maximum Gasteiger partial charge on any atom is 0.338 e. The number of benzene rings is 2. The molecule has 3 rings (SSSR count). The van der Waals surface area contributed by atoms with Crippen LogP contribution in [0.3, 0.4) is 0 Å². The highest BCUT2D eigenvalue weighted by atomic mass is 32.2. The van der Waals surface area contributed by atoms with Gasteiger partial charge in [-0.3, -0.25) is 14.5 Å². The minimum Gasteiger partial charge on any atom is -0.465 e. The average Bonchev–Trinajstić information content (AvgIpc) is 3.01. The van der Waals surface area contributed by atoms with Gasteiger partial charge in [-0.25, -0.2) is 9.59 Å². The number of esters is 2. The zero-order valence-electron chi connectivity index (χ0n) is 16.4. The summed E-state index contributed by atoms with van der Waals surface area (Å²) in [6.07, 6.45) is 0. The Hall–Kier alpha value is -3.33. The smallest absolute Gasteiger partial charge is 0.338 e. The first-order valence-electron chi connectivity index (χ1n) is 9.16. The number of imide groups is 1. The van der Waals surface area contributed by atoms with Gasteiger partial charge >= 0.3 is 11.9 Å². The minimum atomic E-state index is -0.764. The number of rotatable bonds is 7. The number of carbonyl (C=O) groups is 4. The molecule has 30 heavy (non-hydrogen) atoms. The number of hydrogen-bond donors (Lipinski definition) is 1. The number of nitrogens with one attached hydrogen (secondary N) is 1. The van der Waals surface area contributed by atoms with Gasteiger partial charge in [0.05, 0.1) is 31.4 Å². The molecule has 9 heteroatoms. The number of anilines is 1. The molecule has 2 aromatic rings. The Morgan fingerprint density at radius 1 is 1.00 bits per heavy atom. The van der Waals surface area contributed by atoms with Crippen LogP contribution < -0.4 is 5.32 Å². The first-order valence-corrected chi connectivity index (χ1v) is 10.0. The molecule has 0 unspecified atom stereocenters. The molecule has 1 atom stereocenters. The van der Waals surface area contributed by atoms with E-state index in [0.29, 0.717) is 22.4 Å². The van der Waals surface area contributed by atoms with Crippen LogP contribution in [0, 0.1) is 0 Å². The summed E-state index contributed by atoms with van der Waals surface area (Å²) >= 11 is 0.887. The summed E-state index contributed by atoms with van der Waals surface area (Å²) in [4.78, 5) is 49.4. The van der Waals surface area contributed by atoms with Crippen LogP contribution in [0.25, 0.3) is 0 Å². The molecule has 156 valence electrons. The molecule has 1 fully saturated rings. The zero-order chi connectivity index (χ0) is 21.7. The van der Waals surface area contributed by atoms with Crippen molar-refractivity contribution in [2.75, 3.05) is 19.0 Å². The highest BCUT2D eigenvalue weighted by Gasteiger charge is 2.39. The van der Waals surface area contributed by atoms with E-state index < -0.39 is 17.3 Å². The van der Waals surface area contributed by atoms with Crippen LogP contribution in [0.15, 0.2) is 48.5 Å². The van der Waals surface area contributed by atoms with E-state index in [4.69, 9.17) is 4.74 Å². The number of ether oxygens (including phenoxy) is 2. The first kappa shape index (κ1) is 21.4. The third-order valence-corrected chi connectivity index (χ3v) is 5.32. The number of thioether (sulfide) groups is 1. The van der Waals surface area contributed by atoms with Crippen molar-refractivity contribution < 1.29 is 28.7 Å². The van der Waals surface area contributed by atoms with E-state index in [1.165, 1.54) is 7.11 Å². The SMILES string of the molecule is CCOC(=O)c1ccc(N[C@H]2SC(=O)N(Cc3ccc(C(=O)OC)cc3)C2=O)cc1. The lowest BCUT2D eigenvalue weighted by molar-refractivity contribution is -0.126. The number of carbonyl (C=O) groups excluding carboxylic acids is 4. The maximum absolute atomic E-state index is 12.7. The summed E-state index contributed by atoms with van der Waals surface area (Å²) in [5, 5.41) is 1.88. The molecule has 1 aliphatic heterocycles. The molecule has 8 nitrogen and oxygen atoms in total. The highest BCUT2D eigenvalue weighted by molar-refractivity contribution is 8.15. The van der Waals surface area contributed by atoms with Crippen molar-refractivity contribution in [1.82, 2.24) is 4.90 Å². The Morgan fingerprint density at radius 2 is 1.60 bits per heavy atom. The van der Waals surface area contributed by atoms with E-state index in [1.54, 1.807) is 55.5 Å². The average molecular weight is 428 g/mol. The quantitative estimate of drug-likeness (QED) is 0.671. The minimum absolute atomic E-state index is 0.103. The standard InChI is InChI=1S/C21H20N2O6S/c1-3-29-20(26)15-8-10-16(11-9-15)22-17-18(24)23(21(27)30-17)12-13-4-6-14(7-5-13)19(25)28-2/h4-11,17,22H,3,12H2,1-2H3/t17-/m0/s1. The third kappa shape index (κ3) is 4.80. The normalized spacial score (nSPS) is 15.8. The van der Waals surface area contributed by atoms with Crippen LogP contribution in [0.4, 0.5) is 10.5 Å². The zero-order valence-corrected chi connectivity index (χ0v) is 17.2. The van der Waals surface area contributed by atoms with Gasteiger partial charge in [-0.2, -0.15) is 0 Å². The van der Waals surface area contributed by atoms with E-state index in [-0.39, 0.29) is 24.3 Å². The molecule has 1 aliphatic rings. The predicted molar refractivity (Wildman–Crippen MR) is 111 cm³/mol. The fourth-order valence-corrected chi connectivity index (χ4v) is 3.70. The molecule has 0 aromatic heterocycles. The van der Waals surface area contributed by atoms with Crippen molar-refractivity contribution in [1.29, 1.82) is 0 Å². The van der Waals surface area contributed by atoms with Gasteiger partial charge in [-0.05, 0) is 60.6 Å². The van der Waals surface area contributed by atoms with Crippen LogP contribution >= 0.6 is 11.8 Å². The van der Waals surface area contributed by atoms with E-state index in [1.807, 2.05) is 0 Å². The van der Waals surface area contributed by atoms with Crippen molar-refractivity contribution in [2.24, 2.45) is 0 Å². The summed E-state index contributed by atoms with van der Waals surface area (Å²) in [5.41, 5.74) is 2.11. The van der Waals surface area contributed by atoms with Gasteiger partial charge in [0.1, 0.15) is 0 Å². The molecule has 0 saturated carbocycles. The Labute approximate surface area is 177 Å². The fraction of sp³-hybridized carbons (Fsp3) is 0.238. The van der Waals surface area contributed by atoms with E-state index in [2.05, 4.69) is 10.1 Å². The molecule has 2 amide bonds. The summed E-state index contributed by atoms with van der Waals surface area (Å²) in [5.74, 6) is -1.24. The lowest BCUT2D eigenvalue weighted by atomic mass is 10.1. The van der Waals surface area contributed by atoms with Gasteiger partial charge in [0.2, 0.25) is 0 Å². The number of hydrogen-bond acceptors (Lipinski definition) is 8. The molecule has 0 bridgehead atoms. The molecule has 1 heterocycles. The summed E-state index contributed by atoms with van der Waals surface area (Å²) in [6.45, 7) is 2.12. The van der Waals surface area contributed by atoms with Gasteiger partial charge in [-0.1, -0.05) is 12.1 Å². The maximum atomic E-state index is 12.7. The number of amides is 2. The number of nitrogens with zero attached hydrogens (tertiary/aromatic N) is 1. The Morgan fingerprint density at radius 3 is 2.20 bits per heavy atom. The fourth-order valence-electron chi connectivity index (χ4n) is 2.80. The van der Waals surface area contributed by atoms with E-state index >= 15 is 0 Å².